The van der Waals surface area contributed by atoms with Gasteiger partial charge in [-0.1, -0.05) is 44.7 Å². The van der Waals surface area contributed by atoms with Gasteiger partial charge in [0.2, 0.25) is 0 Å². The Hall–Kier alpha value is -1.06. The van der Waals surface area contributed by atoms with E-state index < -0.39 is 0 Å². The van der Waals surface area contributed by atoms with Crippen LogP contribution in [-0.2, 0) is 6.54 Å². The smallest absolute Gasteiger partial charge is 0.118 e. The predicted molar refractivity (Wildman–Crippen MR) is 93.4 cm³/mol. The second-order valence-corrected chi connectivity index (χ2v) is 6.59. The average molecular weight is 304 g/mol. The van der Waals surface area contributed by atoms with E-state index in [4.69, 9.17) is 4.74 Å². The first-order valence-corrected chi connectivity index (χ1v) is 8.83. The minimum atomic E-state index is 0.588. The molecule has 0 amide bonds. The van der Waals surface area contributed by atoms with Gasteiger partial charge in [0.25, 0.3) is 0 Å². The molecule has 0 aliphatic carbocycles. The maximum Gasteiger partial charge on any atom is 0.118 e. The Morgan fingerprint density at radius 2 is 1.95 bits per heavy atom. The van der Waals surface area contributed by atoms with Crippen LogP contribution in [0.5, 0.6) is 5.75 Å². The van der Waals surface area contributed by atoms with Gasteiger partial charge in [0.1, 0.15) is 5.75 Å². The van der Waals surface area contributed by atoms with Gasteiger partial charge in [-0.2, -0.15) is 0 Å². The van der Waals surface area contributed by atoms with Gasteiger partial charge in [-0.15, -0.1) is 0 Å². The standard InChI is InChI=1S/C19H32N2O/c1-4-5-6-7-8-18-13-20-16(2)14-21(18)15-17-9-11-19(22-3)12-10-17/h9-12,16,18,20H,4-8,13-15H2,1-3H3. The van der Waals surface area contributed by atoms with E-state index in [0.29, 0.717) is 12.1 Å². The maximum absolute atomic E-state index is 5.25. The van der Waals surface area contributed by atoms with Crippen LogP contribution < -0.4 is 10.1 Å². The number of nitrogens with zero attached hydrogens (tertiary/aromatic N) is 1. The summed E-state index contributed by atoms with van der Waals surface area (Å²) in [6.07, 6.45) is 6.73. The van der Waals surface area contributed by atoms with Crippen LogP contribution in [0.1, 0.15) is 51.5 Å². The van der Waals surface area contributed by atoms with Gasteiger partial charge in [-0.05, 0) is 31.0 Å². The fourth-order valence-corrected chi connectivity index (χ4v) is 3.28. The molecule has 0 spiro atoms. The monoisotopic (exact) mass is 304 g/mol. The van der Waals surface area contributed by atoms with Crippen molar-refractivity contribution in [3.05, 3.63) is 29.8 Å². The molecule has 22 heavy (non-hydrogen) atoms. The van der Waals surface area contributed by atoms with E-state index >= 15 is 0 Å². The topological polar surface area (TPSA) is 24.5 Å². The molecule has 1 aromatic carbocycles. The summed E-state index contributed by atoms with van der Waals surface area (Å²) in [4.78, 5) is 2.66. The van der Waals surface area contributed by atoms with Crippen LogP contribution in [0.3, 0.4) is 0 Å². The predicted octanol–water partition coefficient (Wildman–Crippen LogP) is 3.83. The van der Waals surface area contributed by atoms with Crippen LogP contribution in [0, 0.1) is 0 Å². The zero-order valence-corrected chi connectivity index (χ0v) is 14.5. The number of unbranched alkanes of at least 4 members (excludes halogenated alkanes) is 3. The second kappa shape index (κ2) is 9.16. The Morgan fingerprint density at radius 3 is 2.64 bits per heavy atom. The number of hydrogen-bond acceptors (Lipinski definition) is 3. The minimum absolute atomic E-state index is 0.588. The van der Waals surface area contributed by atoms with E-state index in [2.05, 4.69) is 48.3 Å². The van der Waals surface area contributed by atoms with Crippen molar-refractivity contribution in [1.29, 1.82) is 0 Å². The highest BCUT2D eigenvalue weighted by atomic mass is 16.5. The third-order valence-corrected chi connectivity index (χ3v) is 4.66. The lowest BCUT2D eigenvalue weighted by molar-refractivity contribution is 0.118. The van der Waals surface area contributed by atoms with Gasteiger partial charge in [0.15, 0.2) is 0 Å². The molecule has 0 bridgehead atoms. The molecule has 3 heteroatoms. The number of benzene rings is 1. The van der Waals surface area contributed by atoms with E-state index in [-0.39, 0.29) is 0 Å². The van der Waals surface area contributed by atoms with Crippen LogP contribution in [0.25, 0.3) is 0 Å². The highest BCUT2D eigenvalue weighted by Crippen LogP contribution is 2.19. The average Bonchev–Trinajstić information content (AvgIpc) is 2.54. The first-order chi connectivity index (χ1) is 10.7. The summed E-state index contributed by atoms with van der Waals surface area (Å²) in [5.74, 6) is 0.938. The Kier molecular flexibility index (Phi) is 7.20. The van der Waals surface area contributed by atoms with Gasteiger partial charge in [0, 0.05) is 31.7 Å². The van der Waals surface area contributed by atoms with Crippen molar-refractivity contribution in [1.82, 2.24) is 10.2 Å². The second-order valence-electron chi connectivity index (χ2n) is 6.59. The van der Waals surface area contributed by atoms with Crippen molar-refractivity contribution in [3.8, 4) is 5.75 Å². The molecule has 1 fully saturated rings. The third-order valence-electron chi connectivity index (χ3n) is 4.66. The van der Waals surface area contributed by atoms with Gasteiger partial charge in [0.05, 0.1) is 7.11 Å². The fourth-order valence-electron chi connectivity index (χ4n) is 3.28. The summed E-state index contributed by atoms with van der Waals surface area (Å²) in [7, 11) is 1.72. The number of ether oxygens (including phenoxy) is 1. The molecule has 1 aliphatic heterocycles. The summed E-state index contributed by atoms with van der Waals surface area (Å²) in [6.45, 7) is 7.89. The van der Waals surface area contributed by atoms with Crippen molar-refractivity contribution in [3.63, 3.8) is 0 Å². The zero-order valence-electron chi connectivity index (χ0n) is 14.5. The summed E-state index contributed by atoms with van der Waals surface area (Å²) >= 11 is 0. The first-order valence-electron chi connectivity index (χ1n) is 8.83. The minimum Gasteiger partial charge on any atom is -0.497 e. The summed E-state index contributed by atoms with van der Waals surface area (Å²) in [6, 6.07) is 9.79. The Labute approximate surface area is 136 Å². The lowest BCUT2D eigenvalue weighted by atomic mass is 10.0. The lowest BCUT2D eigenvalue weighted by Gasteiger charge is -2.39. The van der Waals surface area contributed by atoms with E-state index in [9.17, 15) is 0 Å². The molecule has 3 nitrogen and oxygen atoms in total. The third kappa shape index (κ3) is 5.29. The van der Waals surface area contributed by atoms with E-state index in [0.717, 1.165) is 25.4 Å². The van der Waals surface area contributed by atoms with Crippen molar-refractivity contribution in [2.45, 2.75) is 64.6 Å². The Balaban J connectivity index is 1.90. The molecule has 1 heterocycles. The number of piperazine rings is 1. The van der Waals surface area contributed by atoms with Crippen molar-refractivity contribution >= 4 is 0 Å². The van der Waals surface area contributed by atoms with Crippen molar-refractivity contribution < 1.29 is 4.74 Å². The first kappa shape index (κ1) is 17.3. The molecule has 2 atom stereocenters. The highest BCUT2D eigenvalue weighted by Gasteiger charge is 2.25. The largest absolute Gasteiger partial charge is 0.497 e. The zero-order chi connectivity index (χ0) is 15.8. The number of hydrogen-bond donors (Lipinski definition) is 1. The molecular weight excluding hydrogens is 272 g/mol. The molecule has 1 aliphatic rings. The lowest BCUT2D eigenvalue weighted by Crippen LogP contribution is -2.54. The molecule has 1 saturated heterocycles. The molecule has 0 aromatic heterocycles. The molecule has 2 rings (SSSR count). The molecule has 2 unspecified atom stereocenters. The van der Waals surface area contributed by atoms with Crippen LogP contribution in [-0.4, -0.2) is 37.2 Å². The van der Waals surface area contributed by atoms with Crippen LogP contribution in [0.2, 0.25) is 0 Å². The van der Waals surface area contributed by atoms with Crippen molar-refractivity contribution in [2.24, 2.45) is 0 Å². The van der Waals surface area contributed by atoms with Crippen LogP contribution >= 0.6 is 0 Å². The normalized spacial score (nSPS) is 22.7. The number of nitrogens with one attached hydrogen (secondary N) is 1. The van der Waals surface area contributed by atoms with Gasteiger partial charge < -0.3 is 10.1 Å². The van der Waals surface area contributed by atoms with Crippen LogP contribution in [0.4, 0.5) is 0 Å². The highest BCUT2D eigenvalue weighted by molar-refractivity contribution is 5.27. The molecule has 1 aromatic rings. The summed E-state index contributed by atoms with van der Waals surface area (Å²) in [5.41, 5.74) is 1.38. The van der Waals surface area contributed by atoms with E-state index in [1.54, 1.807) is 7.11 Å². The van der Waals surface area contributed by atoms with Crippen molar-refractivity contribution in [2.75, 3.05) is 20.2 Å². The van der Waals surface area contributed by atoms with Gasteiger partial charge >= 0.3 is 0 Å². The SMILES string of the molecule is CCCCCCC1CNC(C)CN1Cc1ccc(OC)cc1. The molecule has 0 radical (unpaired) electrons. The van der Waals surface area contributed by atoms with E-state index in [1.807, 2.05) is 0 Å². The number of methoxy groups -OCH3 is 1. The fraction of sp³-hybridized carbons (Fsp3) is 0.684. The van der Waals surface area contributed by atoms with E-state index in [1.165, 1.54) is 37.7 Å². The molecule has 124 valence electrons. The number of rotatable bonds is 8. The Morgan fingerprint density at radius 1 is 1.18 bits per heavy atom. The Bertz CT molecular complexity index is 418. The van der Waals surface area contributed by atoms with Crippen LogP contribution in [0.15, 0.2) is 24.3 Å². The molecule has 1 N–H and O–H groups in total. The molecule has 0 saturated carbocycles. The summed E-state index contributed by atoms with van der Waals surface area (Å²) in [5, 5.41) is 3.65. The molecular formula is C19H32N2O. The van der Waals surface area contributed by atoms with Gasteiger partial charge in [-0.25, -0.2) is 0 Å². The summed E-state index contributed by atoms with van der Waals surface area (Å²) < 4.78 is 5.25. The maximum atomic E-state index is 5.25. The quantitative estimate of drug-likeness (QED) is 0.739. The van der Waals surface area contributed by atoms with Gasteiger partial charge in [-0.3, -0.25) is 4.90 Å².